The molecule has 1 heterocycles. The molecule has 0 bridgehead atoms. The molecule has 0 aromatic heterocycles. The van der Waals surface area contributed by atoms with E-state index in [2.05, 4.69) is 0 Å². The Morgan fingerprint density at radius 1 is 1.21 bits per heavy atom. The number of benzene rings is 1. The molecule has 7 heteroatoms. The molecule has 1 aromatic carbocycles. The van der Waals surface area contributed by atoms with Gasteiger partial charge >= 0.3 is 0 Å². The van der Waals surface area contributed by atoms with Crippen LogP contribution >= 0.6 is 0 Å². The minimum atomic E-state index is -3.25. The molecule has 0 radical (unpaired) electrons. The molecule has 24 heavy (non-hydrogen) atoms. The Hall–Kier alpha value is -1.47. The number of unbranched alkanes of at least 4 members (excludes halogenated alkanes) is 1. The van der Waals surface area contributed by atoms with Gasteiger partial charge in [-0.3, -0.25) is 4.79 Å². The molecule has 0 saturated carbocycles. The number of aryl methyl sites for hydroxylation is 1. The first-order valence-corrected chi connectivity index (χ1v) is 9.99. The molecule has 0 spiro atoms. The number of carbonyl (C=O) groups is 1. The van der Waals surface area contributed by atoms with Crippen LogP contribution in [-0.4, -0.2) is 55.5 Å². The van der Waals surface area contributed by atoms with E-state index in [-0.39, 0.29) is 17.5 Å². The van der Waals surface area contributed by atoms with E-state index >= 15 is 0 Å². The van der Waals surface area contributed by atoms with E-state index in [0.717, 1.165) is 6.42 Å². The van der Waals surface area contributed by atoms with Gasteiger partial charge in [-0.15, -0.1) is 0 Å². The quantitative estimate of drug-likeness (QED) is 0.814. The molecule has 134 valence electrons. The van der Waals surface area contributed by atoms with E-state index in [4.69, 9.17) is 0 Å². The van der Waals surface area contributed by atoms with E-state index in [0.29, 0.717) is 50.1 Å². The van der Waals surface area contributed by atoms with Crippen LogP contribution in [0.3, 0.4) is 0 Å². The Balaban J connectivity index is 2.04. The van der Waals surface area contributed by atoms with Gasteiger partial charge in [0.15, 0.2) is 0 Å². The van der Waals surface area contributed by atoms with Crippen molar-refractivity contribution in [2.24, 2.45) is 0 Å². The molecule has 1 aliphatic heterocycles. The third-order valence-electron chi connectivity index (χ3n) is 4.30. The van der Waals surface area contributed by atoms with Crippen LogP contribution in [0.5, 0.6) is 0 Å². The maximum Gasteiger partial charge on any atom is 0.253 e. The largest absolute Gasteiger partial charge is 0.337 e. The molecule has 5 nitrogen and oxygen atoms in total. The van der Waals surface area contributed by atoms with Crippen LogP contribution in [0, 0.1) is 12.7 Å². The number of hydrogen-bond acceptors (Lipinski definition) is 3. The van der Waals surface area contributed by atoms with Gasteiger partial charge in [-0.2, -0.15) is 0 Å². The van der Waals surface area contributed by atoms with E-state index in [1.165, 1.54) is 22.5 Å². The van der Waals surface area contributed by atoms with Gasteiger partial charge in [0.1, 0.15) is 5.82 Å². The molecule has 1 aliphatic rings. The van der Waals surface area contributed by atoms with Crippen molar-refractivity contribution in [3.8, 4) is 0 Å². The van der Waals surface area contributed by atoms with Gasteiger partial charge in [0.05, 0.1) is 5.75 Å². The van der Waals surface area contributed by atoms with Crippen LogP contribution in [-0.2, 0) is 10.0 Å². The summed E-state index contributed by atoms with van der Waals surface area (Å²) >= 11 is 0. The highest BCUT2D eigenvalue weighted by Crippen LogP contribution is 2.15. The predicted octanol–water partition coefficient (Wildman–Crippen LogP) is 2.41. The van der Waals surface area contributed by atoms with Crippen LogP contribution in [0.15, 0.2) is 18.2 Å². The summed E-state index contributed by atoms with van der Waals surface area (Å²) in [5.74, 6) is -0.351. The second-order valence-corrected chi connectivity index (χ2v) is 8.27. The standard InChI is InChI=1S/C17H25FN2O3S/c1-3-4-12-24(22,23)20-9-5-8-19(10-11-20)17(21)15-6-7-16(18)14(2)13-15/h6-7,13H,3-5,8-12H2,1-2H3. The van der Waals surface area contributed by atoms with Crippen molar-refractivity contribution >= 4 is 15.9 Å². The summed E-state index contributed by atoms with van der Waals surface area (Å²) in [6.45, 7) is 5.21. The second-order valence-electron chi connectivity index (χ2n) is 6.18. The highest BCUT2D eigenvalue weighted by atomic mass is 32.2. The number of amides is 1. The van der Waals surface area contributed by atoms with Crippen LogP contribution < -0.4 is 0 Å². The van der Waals surface area contributed by atoms with Gasteiger partial charge < -0.3 is 4.90 Å². The fourth-order valence-corrected chi connectivity index (χ4v) is 4.47. The van der Waals surface area contributed by atoms with E-state index in [1.54, 1.807) is 11.8 Å². The van der Waals surface area contributed by atoms with E-state index in [9.17, 15) is 17.6 Å². The molecule has 1 amide bonds. The summed E-state index contributed by atoms with van der Waals surface area (Å²) in [5, 5.41) is 0. The third kappa shape index (κ3) is 4.54. The van der Waals surface area contributed by atoms with Gasteiger partial charge in [0.2, 0.25) is 10.0 Å². The summed E-state index contributed by atoms with van der Waals surface area (Å²) in [5.41, 5.74) is 0.871. The molecule has 0 atom stereocenters. The number of carbonyl (C=O) groups excluding carboxylic acids is 1. The number of nitrogens with zero attached hydrogens (tertiary/aromatic N) is 2. The average molecular weight is 356 g/mol. The lowest BCUT2D eigenvalue weighted by molar-refractivity contribution is 0.0764. The topological polar surface area (TPSA) is 57.7 Å². The zero-order chi connectivity index (χ0) is 17.7. The molecule has 1 aromatic rings. The van der Waals surface area contributed by atoms with Gasteiger partial charge in [0.25, 0.3) is 5.91 Å². The minimum Gasteiger partial charge on any atom is -0.337 e. The lowest BCUT2D eigenvalue weighted by Gasteiger charge is -2.22. The van der Waals surface area contributed by atoms with Gasteiger partial charge in [-0.05, 0) is 43.5 Å². The monoisotopic (exact) mass is 356 g/mol. The molecular formula is C17H25FN2O3S. The van der Waals surface area contributed by atoms with E-state index in [1.807, 2.05) is 6.92 Å². The summed E-state index contributed by atoms with van der Waals surface area (Å²) < 4.78 is 39.5. The van der Waals surface area contributed by atoms with Crippen molar-refractivity contribution in [2.45, 2.75) is 33.1 Å². The van der Waals surface area contributed by atoms with Crippen molar-refractivity contribution < 1.29 is 17.6 Å². The van der Waals surface area contributed by atoms with Crippen molar-refractivity contribution in [1.29, 1.82) is 0 Å². The Morgan fingerprint density at radius 2 is 1.96 bits per heavy atom. The summed E-state index contributed by atoms with van der Waals surface area (Å²) in [7, 11) is -3.25. The molecule has 1 fully saturated rings. The summed E-state index contributed by atoms with van der Waals surface area (Å²) in [6, 6.07) is 4.31. The minimum absolute atomic E-state index is 0.161. The van der Waals surface area contributed by atoms with Gasteiger partial charge in [-0.25, -0.2) is 17.1 Å². The predicted molar refractivity (Wildman–Crippen MR) is 91.9 cm³/mol. The van der Waals surface area contributed by atoms with Crippen LogP contribution in [0.2, 0.25) is 0 Å². The zero-order valence-corrected chi connectivity index (χ0v) is 15.1. The van der Waals surface area contributed by atoms with Crippen molar-refractivity contribution in [3.63, 3.8) is 0 Å². The highest BCUT2D eigenvalue weighted by molar-refractivity contribution is 7.89. The molecule has 0 N–H and O–H groups in total. The maximum absolute atomic E-state index is 13.4. The average Bonchev–Trinajstić information content (AvgIpc) is 2.81. The molecule has 1 saturated heterocycles. The number of sulfonamides is 1. The molecular weight excluding hydrogens is 331 g/mol. The Kier molecular flexibility index (Phi) is 6.34. The highest BCUT2D eigenvalue weighted by Gasteiger charge is 2.26. The van der Waals surface area contributed by atoms with Gasteiger partial charge in [-0.1, -0.05) is 13.3 Å². The summed E-state index contributed by atoms with van der Waals surface area (Å²) in [6.07, 6.45) is 2.09. The van der Waals surface area contributed by atoms with Crippen LogP contribution in [0.4, 0.5) is 4.39 Å². The fourth-order valence-electron chi connectivity index (χ4n) is 2.79. The molecule has 2 rings (SSSR count). The van der Waals surface area contributed by atoms with E-state index < -0.39 is 10.0 Å². The normalized spacial score (nSPS) is 16.9. The smallest absolute Gasteiger partial charge is 0.253 e. The van der Waals surface area contributed by atoms with Crippen molar-refractivity contribution in [3.05, 3.63) is 35.1 Å². The fraction of sp³-hybridized carbons (Fsp3) is 0.588. The zero-order valence-electron chi connectivity index (χ0n) is 14.3. The molecule has 0 aliphatic carbocycles. The number of hydrogen-bond donors (Lipinski definition) is 0. The van der Waals surface area contributed by atoms with Crippen LogP contribution in [0.25, 0.3) is 0 Å². The van der Waals surface area contributed by atoms with Crippen molar-refractivity contribution in [2.75, 3.05) is 31.9 Å². The maximum atomic E-state index is 13.4. The summed E-state index contributed by atoms with van der Waals surface area (Å²) in [4.78, 5) is 14.2. The first kappa shape index (κ1) is 18.9. The SMILES string of the molecule is CCCCS(=O)(=O)N1CCCN(C(=O)c2ccc(F)c(C)c2)CC1. The van der Waals surface area contributed by atoms with Crippen LogP contribution in [0.1, 0.15) is 42.1 Å². The lowest BCUT2D eigenvalue weighted by atomic mass is 10.1. The van der Waals surface area contributed by atoms with Gasteiger partial charge in [0, 0.05) is 31.7 Å². The Bertz CT molecular complexity index is 691. The Morgan fingerprint density at radius 3 is 2.62 bits per heavy atom. The first-order valence-electron chi connectivity index (χ1n) is 8.38. The number of rotatable bonds is 5. The number of halogens is 1. The third-order valence-corrected chi connectivity index (χ3v) is 6.25. The second kappa shape index (κ2) is 8.07. The van der Waals surface area contributed by atoms with Crippen molar-refractivity contribution in [1.82, 2.24) is 9.21 Å². The first-order chi connectivity index (χ1) is 11.3. The molecule has 0 unspecified atom stereocenters. The Labute approximate surface area is 143 Å². The lowest BCUT2D eigenvalue weighted by Crippen LogP contribution is -2.38.